The van der Waals surface area contributed by atoms with Crippen LogP contribution in [-0.4, -0.2) is 18.7 Å². The first-order valence-electron chi connectivity index (χ1n) is 5.55. The molecule has 2 rings (SSSR count). The van der Waals surface area contributed by atoms with Gasteiger partial charge in [0.15, 0.2) is 11.6 Å². The first kappa shape index (κ1) is 15.1. The summed E-state index contributed by atoms with van der Waals surface area (Å²) in [7, 11) is 0. The Balaban J connectivity index is 2.37. The minimum absolute atomic E-state index is 0.267. The largest absolute Gasteiger partial charge is 0.482 e. The zero-order valence-electron chi connectivity index (χ0n) is 10.1. The maximum atomic E-state index is 13.6. The van der Waals surface area contributed by atoms with Crippen molar-refractivity contribution < 1.29 is 31.8 Å². The molecule has 2 unspecified atom stereocenters. The molecule has 0 saturated carbocycles. The Morgan fingerprint density at radius 3 is 2.65 bits per heavy atom. The van der Waals surface area contributed by atoms with Crippen LogP contribution < -0.4 is 4.74 Å². The third kappa shape index (κ3) is 2.74. The van der Waals surface area contributed by atoms with E-state index in [1.807, 2.05) is 0 Å². The fourth-order valence-corrected chi connectivity index (χ4v) is 2.64. The van der Waals surface area contributed by atoms with E-state index in [1.165, 1.54) is 0 Å². The average Bonchev–Trinajstić information content (AvgIpc) is 2.64. The number of benzene rings is 1. The zero-order chi connectivity index (χ0) is 15.1. The second kappa shape index (κ2) is 5.23. The molecule has 0 spiro atoms. The lowest BCUT2D eigenvalue weighted by molar-refractivity contribution is -0.143. The lowest BCUT2D eigenvalue weighted by atomic mass is 10.0. The van der Waals surface area contributed by atoms with Crippen LogP contribution in [-0.2, 0) is 15.7 Å². The van der Waals surface area contributed by atoms with Gasteiger partial charge < -0.3 is 9.47 Å². The number of rotatable bonds is 2. The Morgan fingerprint density at radius 1 is 1.45 bits per heavy atom. The fraction of sp³-hybridized carbons (Fsp3) is 0.417. The van der Waals surface area contributed by atoms with E-state index in [0.717, 1.165) is 6.92 Å². The highest BCUT2D eigenvalue weighted by atomic mass is 79.9. The molecule has 0 N–H and O–H groups in total. The molecule has 0 radical (unpaired) electrons. The standard InChI is InChI=1S/C12H9BrF4O3/c1-5(18)19-4-8-10(13)9-6(12(15,16)17)2-3-7(14)11(9)20-8/h2-3,8,10H,4H2,1H3. The number of hydrogen-bond acceptors (Lipinski definition) is 3. The van der Waals surface area contributed by atoms with Crippen LogP contribution in [0.1, 0.15) is 22.9 Å². The van der Waals surface area contributed by atoms with Crippen LogP contribution in [0.5, 0.6) is 5.75 Å². The van der Waals surface area contributed by atoms with Gasteiger partial charge in [0.25, 0.3) is 0 Å². The van der Waals surface area contributed by atoms with Crippen molar-refractivity contribution in [3.05, 3.63) is 29.1 Å². The van der Waals surface area contributed by atoms with Gasteiger partial charge in [-0.25, -0.2) is 4.39 Å². The molecule has 20 heavy (non-hydrogen) atoms. The smallest absolute Gasteiger partial charge is 0.416 e. The van der Waals surface area contributed by atoms with Crippen molar-refractivity contribution in [2.45, 2.75) is 24.0 Å². The summed E-state index contributed by atoms with van der Waals surface area (Å²) < 4.78 is 62.1. The van der Waals surface area contributed by atoms with Crippen molar-refractivity contribution in [2.75, 3.05) is 6.61 Å². The lowest BCUT2D eigenvalue weighted by Gasteiger charge is -2.15. The van der Waals surface area contributed by atoms with Gasteiger partial charge in [-0.05, 0) is 12.1 Å². The fourth-order valence-electron chi connectivity index (χ4n) is 1.93. The van der Waals surface area contributed by atoms with Gasteiger partial charge in [0.1, 0.15) is 12.7 Å². The topological polar surface area (TPSA) is 35.5 Å². The van der Waals surface area contributed by atoms with Crippen molar-refractivity contribution in [1.29, 1.82) is 0 Å². The lowest BCUT2D eigenvalue weighted by Crippen LogP contribution is -2.24. The molecular formula is C12H9BrF4O3. The van der Waals surface area contributed by atoms with Gasteiger partial charge in [-0.1, -0.05) is 15.9 Å². The van der Waals surface area contributed by atoms with E-state index in [4.69, 9.17) is 9.47 Å². The summed E-state index contributed by atoms with van der Waals surface area (Å²) in [4.78, 5) is 9.81. The highest BCUT2D eigenvalue weighted by Gasteiger charge is 2.44. The number of carbonyl (C=O) groups excluding carboxylic acids is 1. The number of carbonyl (C=O) groups is 1. The van der Waals surface area contributed by atoms with Crippen molar-refractivity contribution >= 4 is 21.9 Å². The molecule has 0 fully saturated rings. The van der Waals surface area contributed by atoms with E-state index in [2.05, 4.69) is 15.9 Å². The Bertz CT molecular complexity index is 544. The SMILES string of the molecule is CC(=O)OCC1Oc2c(F)ccc(C(F)(F)F)c2C1Br. The number of halogens is 5. The van der Waals surface area contributed by atoms with Crippen LogP contribution in [0.4, 0.5) is 17.6 Å². The molecule has 1 aromatic carbocycles. The maximum Gasteiger partial charge on any atom is 0.416 e. The molecule has 0 saturated heterocycles. The van der Waals surface area contributed by atoms with Crippen molar-refractivity contribution in [3.63, 3.8) is 0 Å². The van der Waals surface area contributed by atoms with Gasteiger partial charge in [-0.3, -0.25) is 4.79 Å². The number of esters is 1. The van der Waals surface area contributed by atoms with Crippen molar-refractivity contribution in [3.8, 4) is 5.75 Å². The van der Waals surface area contributed by atoms with E-state index in [1.54, 1.807) is 0 Å². The molecule has 3 nitrogen and oxygen atoms in total. The molecule has 0 aromatic heterocycles. The van der Waals surface area contributed by atoms with Gasteiger partial charge in [0.2, 0.25) is 0 Å². The van der Waals surface area contributed by atoms with Crippen LogP contribution in [0.2, 0.25) is 0 Å². The third-order valence-corrected chi connectivity index (χ3v) is 3.82. The summed E-state index contributed by atoms with van der Waals surface area (Å²) in [5.74, 6) is -1.94. The summed E-state index contributed by atoms with van der Waals surface area (Å²) in [5, 5.41) is 0. The van der Waals surface area contributed by atoms with Crippen LogP contribution >= 0.6 is 15.9 Å². The molecule has 0 bridgehead atoms. The summed E-state index contributed by atoms with van der Waals surface area (Å²) in [6, 6.07) is 1.37. The van der Waals surface area contributed by atoms with E-state index in [9.17, 15) is 22.4 Å². The molecular weight excluding hydrogens is 348 g/mol. The predicted molar refractivity (Wildman–Crippen MR) is 64.1 cm³/mol. The third-order valence-electron chi connectivity index (χ3n) is 2.78. The predicted octanol–water partition coefficient (Wildman–Crippen LogP) is 3.60. The molecule has 0 aliphatic carbocycles. The number of fused-ring (bicyclic) bond motifs is 1. The van der Waals surface area contributed by atoms with Crippen LogP contribution in [0.15, 0.2) is 12.1 Å². The second-order valence-corrected chi connectivity index (χ2v) is 5.18. The first-order chi connectivity index (χ1) is 9.21. The van der Waals surface area contributed by atoms with E-state index >= 15 is 0 Å². The number of alkyl halides is 4. The average molecular weight is 357 g/mol. The monoisotopic (exact) mass is 356 g/mol. The minimum atomic E-state index is -4.62. The Labute approximate surface area is 120 Å². The number of hydrogen-bond donors (Lipinski definition) is 0. The molecule has 1 aliphatic rings. The van der Waals surface area contributed by atoms with Crippen LogP contribution in [0.3, 0.4) is 0 Å². The molecule has 8 heteroatoms. The maximum absolute atomic E-state index is 13.6. The van der Waals surface area contributed by atoms with E-state index in [-0.39, 0.29) is 12.2 Å². The highest BCUT2D eigenvalue weighted by molar-refractivity contribution is 9.09. The van der Waals surface area contributed by atoms with Gasteiger partial charge in [0.05, 0.1) is 10.4 Å². The van der Waals surface area contributed by atoms with Gasteiger partial charge in [-0.2, -0.15) is 13.2 Å². The Hall–Kier alpha value is -1.31. The summed E-state index contributed by atoms with van der Waals surface area (Å²) in [5.41, 5.74) is -1.28. The van der Waals surface area contributed by atoms with E-state index < -0.39 is 40.2 Å². The van der Waals surface area contributed by atoms with E-state index in [0.29, 0.717) is 12.1 Å². The summed E-state index contributed by atoms with van der Waals surface area (Å²) >= 11 is 3.05. The number of ether oxygens (including phenoxy) is 2. The molecule has 1 aliphatic heterocycles. The first-order valence-corrected chi connectivity index (χ1v) is 6.47. The van der Waals surface area contributed by atoms with Crippen molar-refractivity contribution in [1.82, 2.24) is 0 Å². The Morgan fingerprint density at radius 2 is 2.10 bits per heavy atom. The minimum Gasteiger partial charge on any atom is -0.482 e. The molecule has 1 heterocycles. The molecule has 0 amide bonds. The summed E-state index contributed by atoms with van der Waals surface area (Å²) in [6.07, 6.45) is -5.53. The zero-order valence-corrected chi connectivity index (χ0v) is 11.7. The van der Waals surface area contributed by atoms with Crippen LogP contribution in [0.25, 0.3) is 0 Å². The summed E-state index contributed by atoms with van der Waals surface area (Å²) in [6.45, 7) is 0.893. The molecule has 1 aromatic rings. The van der Waals surface area contributed by atoms with Gasteiger partial charge >= 0.3 is 12.1 Å². The molecule has 110 valence electrons. The Kier molecular flexibility index (Phi) is 3.95. The van der Waals surface area contributed by atoms with Crippen LogP contribution in [0, 0.1) is 5.82 Å². The highest BCUT2D eigenvalue weighted by Crippen LogP contribution is 2.49. The molecule has 2 atom stereocenters. The normalized spacial score (nSPS) is 21.3. The van der Waals surface area contributed by atoms with Gasteiger partial charge in [0, 0.05) is 12.5 Å². The van der Waals surface area contributed by atoms with Crippen molar-refractivity contribution in [2.24, 2.45) is 0 Å². The second-order valence-electron chi connectivity index (χ2n) is 4.20. The van der Waals surface area contributed by atoms with Gasteiger partial charge in [-0.15, -0.1) is 0 Å². The quantitative estimate of drug-likeness (QED) is 0.461.